The quantitative estimate of drug-likeness (QED) is 0.540. The molecule has 0 unspecified atom stereocenters. The standard InChI is InChI=1S/C15H12S/c1-2-6-11-7-5-9-13-12-8-3-4-10-14(12)16-15(11)13/h2-10H,1H3/b6-2-. The van der Waals surface area contributed by atoms with Gasteiger partial charge < -0.3 is 0 Å². The van der Waals surface area contributed by atoms with Crippen molar-refractivity contribution < 1.29 is 0 Å². The second kappa shape index (κ2) is 3.76. The van der Waals surface area contributed by atoms with Crippen LogP contribution in [0.25, 0.3) is 26.2 Å². The summed E-state index contributed by atoms with van der Waals surface area (Å²) in [6.07, 6.45) is 4.27. The van der Waals surface area contributed by atoms with Gasteiger partial charge in [-0.05, 0) is 18.6 Å². The second-order valence-corrected chi connectivity index (χ2v) is 4.87. The van der Waals surface area contributed by atoms with Gasteiger partial charge in [0.1, 0.15) is 0 Å². The topological polar surface area (TPSA) is 0 Å². The zero-order valence-corrected chi connectivity index (χ0v) is 9.92. The zero-order valence-electron chi connectivity index (χ0n) is 9.10. The van der Waals surface area contributed by atoms with Crippen molar-refractivity contribution in [2.24, 2.45) is 0 Å². The van der Waals surface area contributed by atoms with E-state index in [-0.39, 0.29) is 0 Å². The molecule has 0 aliphatic carbocycles. The molecular weight excluding hydrogens is 212 g/mol. The molecule has 0 saturated carbocycles. The van der Waals surface area contributed by atoms with Crippen LogP contribution < -0.4 is 0 Å². The number of hydrogen-bond donors (Lipinski definition) is 0. The summed E-state index contributed by atoms with van der Waals surface area (Å²) in [6.45, 7) is 2.06. The predicted molar refractivity (Wildman–Crippen MR) is 74.0 cm³/mol. The first-order chi connectivity index (χ1) is 7.90. The molecule has 0 amide bonds. The van der Waals surface area contributed by atoms with Crippen LogP contribution in [0.5, 0.6) is 0 Å². The average molecular weight is 224 g/mol. The highest BCUT2D eigenvalue weighted by Crippen LogP contribution is 2.35. The molecule has 0 fully saturated rings. The van der Waals surface area contributed by atoms with Gasteiger partial charge in [0.2, 0.25) is 0 Å². The summed E-state index contributed by atoms with van der Waals surface area (Å²) >= 11 is 1.88. The lowest BCUT2D eigenvalue weighted by Crippen LogP contribution is -1.71. The van der Waals surface area contributed by atoms with Crippen LogP contribution in [-0.2, 0) is 0 Å². The predicted octanol–water partition coefficient (Wildman–Crippen LogP) is 5.09. The molecule has 0 nitrogen and oxygen atoms in total. The molecule has 2 aromatic carbocycles. The number of allylic oxidation sites excluding steroid dienone is 1. The van der Waals surface area contributed by atoms with Crippen molar-refractivity contribution in [3.8, 4) is 0 Å². The lowest BCUT2D eigenvalue weighted by Gasteiger charge is -1.95. The van der Waals surface area contributed by atoms with E-state index in [1.165, 1.54) is 25.7 Å². The van der Waals surface area contributed by atoms with E-state index >= 15 is 0 Å². The molecule has 78 valence electrons. The lowest BCUT2D eigenvalue weighted by molar-refractivity contribution is 1.74. The Balaban J connectivity index is 2.48. The van der Waals surface area contributed by atoms with Crippen LogP contribution in [0.3, 0.4) is 0 Å². The van der Waals surface area contributed by atoms with Crippen LogP contribution >= 0.6 is 11.3 Å². The molecule has 0 saturated heterocycles. The third-order valence-corrected chi connectivity index (χ3v) is 4.02. The zero-order chi connectivity index (χ0) is 11.0. The average Bonchev–Trinajstić information content (AvgIpc) is 2.69. The maximum atomic E-state index is 2.21. The van der Waals surface area contributed by atoms with E-state index in [2.05, 4.69) is 61.5 Å². The third-order valence-electron chi connectivity index (χ3n) is 2.78. The highest BCUT2D eigenvalue weighted by molar-refractivity contribution is 7.26. The molecule has 16 heavy (non-hydrogen) atoms. The van der Waals surface area contributed by atoms with E-state index in [0.717, 1.165) is 0 Å². The fraction of sp³-hybridized carbons (Fsp3) is 0.0667. The summed E-state index contributed by atoms with van der Waals surface area (Å²) in [6, 6.07) is 15.1. The molecule has 3 rings (SSSR count). The first kappa shape index (κ1) is 9.61. The fourth-order valence-corrected chi connectivity index (χ4v) is 3.28. The van der Waals surface area contributed by atoms with Gasteiger partial charge in [-0.3, -0.25) is 0 Å². The van der Waals surface area contributed by atoms with Crippen LogP contribution in [0.15, 0.2) is 48.5 Å². The largest absolute Gasteiger partial charge is 0.135 e. The number of fused-ring (bicyclic) bond motifs is 3. The Kier molecular flexibility index (Phi) is 2.26. The van der Waals surface area contributed by atoms with Gasteiger partial charge in [0.25, 0.3) is 0 Å². The minimum absolute atomic E-state index is 1.32. The molecule has 1 heteroatoms. The van der Waals surface area contributed by atoms with Crippen molar-refractivity contribution in [2.75, 3.05) is 0 Å². The van der Waals surface area contributed by atoms with E-state index in [0.29, 0.717) is 0 Å². The number of hydrogen-bond acceptors (Lipinski definition) is 1. The molecule has 0 radical (unpaired) electrons. The van der Waals surface area contributed by atoms with E-state index in [1.54, 1.807) is 0 Å². The summed E-state index contributed by atoms with van der Waals surface area (Å²) in [5, 5.41) is 2.74. The van der Waals surface area contributed by atoms with Gasteiger partial charge in [0, 0.05) is 20.2 Å². The maximum absolute atomic E-state index is 2.21. The maximum Gasteiger partial charge on any atom is 0.0427 e. The van der Waals surface area contributed by atoms with E-state index in [1.807, 2.05) is 11.3 Å². The van der Waals surface area contributed by atoms with Crippen LogP contribution in [0.4, 0.5) is 0 Å². The lowest BCUT2D eigenvalue weighted by atomic mass is 10.1. The van der Waals surface area contributed by atoms with E-state index < -0.39 is 0 Å². The summed E-state index contributed by atoms with van der Waals surface area (Å²) < 4.78 is 2.76. The monoisotopic (exact) mass is 224 g/mol. The molecule has 0 aliphatic heterocycles. The smallest absolute Gasteiger partial charge is 0.0427 e. The van der Waals surface area contributed by atoms with E-state index in [4.69, 9.17) is 0 Å². The Labute approximate surface area is 98.8 Å². The Morgan fingerprint density at radius 3 is 2.62 bits per heavy atom. The van der Waals surface area contributed by atoms with Crippen molar-refractivity contribution in [1.82, 2.24) is 0 Å². The normalized spacial score (nSPS) is 11.8. The molecule has 1 aromatic heterocycles. The first-order valence-corrected chi connectivity index (χ1v) is 6.25. The Bertz CT molecular complexity index is 674. The molecule has 3 aromatic rings. The minimum Gasteiger partial charge on any atom is -0.135 e. The van der Waals surface area contributed by atoms with Gasteiger partial charge >= 0.3 is 0 Å². The minimum atomic E-state index is 1.32. The van der Waals surface area contributed by atoms with E-state index in [9.17, 15) is 0 Å². The second-order valence-electron chi connectivity index (χ2n) is 3.82. The molecule has 0 atom stereocenters. The van der Waals surface area contributed by atoms with Crippen LogP contribution in [-0.4, -0.2) is 0 Å². The number of benzene rings is 2. The molecule has 0 aliphatic rings. The Hall–Kier alpha value is -1.60. The summed E-state index contributed by atoms with van der Waals surface area (Å²) in [5.74, 6) is 0. The third kappa shape index (κ3) is 1.36. The van der Waals surface area contributed by atoms with Gasteiger partial charge in [-0.25, -0.2) is 0 Å². The van der Waals surface area contributed by atoms with Crippen LogP contribution in [0.2, 0.25) is 0 Å². The van der Waals surface area contributed by atoms with Gasteiger partial charge in [-0.2, -0.15) is 0 Å². The highest BCUT2D eigenvalue weighted by atomic mass is 32.1. The molecule has 0 N–H and O–H groups in total. The Morgan fingerprint density at radius 1 is 0.938 bits per heavy atom. The summed E-state index contributed by atoms with van der Waals surface area (Å²) in [7, 11) is 0. The molecule has 0 bridgehead atoms. The van der Waals surface area contributed by atoms with Crippen molar-refractivity contribution >= 4 is 37.6 Å². The van der Waals surface area contributed by atoms with Gasteiger partial charge in [-0.1, -0.05) is 48.6 Å². The number of rotatable bonds is 1. The SMILES string of the molecule is C/C=C\c1cccc2c1sc1ccccc12. The fourth-order valence-electron chi connectivity index (χ4n) is 2.08. The molecular formula is C15H12S. The van der Waals surface area contributed by atoms with Crippen LogP contribution in [0.1, 0.15) is 12.5 Å². The Morgan fingerprint density at radius 2 is 1.75 bits per heavy atom. The first-order valence-electron chi connectivity index (χ1n) is 5.43. The van der Waals surface area contributed by atoms with Gasteiger partial charge in [0.05, 0.1) is 0 Å². The highest BCUT2D eigenvalue weighted by Gasteiger charge is 2.05. The van der Waals surface area contributed by atoms with Gasteiger partial charge in [-0.15, -0.1) is 11.3 Å². The van der Waals surface area contributed by atoms with Crippen molar-refractivity contribution in [2.45, 2.75) is 6.92 Å². The van der Waals surface area contributed by atoms with Crippen LogP contribution in [0, 0.1) is 0 Å². The molecule has 0 spiro atoms. The van der Waals surface area contributed by atoms with Gasteiger partial charge in [0.15, 0.2) is 0 Å². The van der Waals surface area contributed by atoms with Crippen molar-refractivity contribution in [3.05, 3.63) is 54.1 Å². The van der Waals surface area contributed by atoms with Crippen molar-refractivity contribution in [3.63, 3.8) is 0 Å². The number of thiophene rings is 1. The summed E-state index contributed by atoms with van der Waals surface area (Å²) in [4.78, 5) is 0. The molecule has 1 heterocycles. The summed E-state index contributed by atoms with van der Waals surface area (Å²) in [5.41, 5.74) is 1.32. The van der Waals surface area contributed by atoms with Crippen molar-refractivity contribution in [1.29, 1.82) is 0 Å².